The molecule has 0 N–H and O–H groups in total. The zero-order valence-corrected chi connectivity index (χ0v) is 11.3. The molecule has 3 rings (SSSR count). The van der Waals surface area contributed by atoms with Gasteiger partial charge in [0.1, 0.15) is 6.33 Å². The Balaban J connectivity index is 1.78. The van der Waals surface area contributed by atoms with Crippen LogP contribution < -0.4 is 0 Å². The van der Waals surface area contributed by atoms with Gasteiger partial charge in [0.05, 0.1) is 6.20 Å². The number of likely N-dealkylation sites (tertiary alicyclic amines) is 1. The van der Waals surface area contributed by atoms with Crippen molar-refractivity contribution in [1.82, 2.24) is 19.4 Å². The van der Waals surface area contributed by atoms with Gasteiger partial charge in [0, 0.05) is 31.2 Å². The van der Waals surface area contributed by atoms with Crippen molar-refractivity contribution < 1.29 is 9.18 Å². The Morgan fingerprint density at radius 3 is 2.47 bits per heavy atom. The van der Waals surface area contributed by atoms with E-state index in [-0.39, 0.29) is 18.1 Å². The van der Waals surface area contributed by atoms with Crippen molar-refractivity contribution >= 4 is 6.03 Å². The molecule has 2 aliphatic rings. The first-order chi connectivity index (χ1) is 9.06. The number of carbonyl (C=O) groups is 1. The molecule has 2 unspecified atom stereocenters. The normalized spacial score (nSPS) is 27.3. The molecular formula is C13H19FN4O. The third kappa shape index (κ3) is 2.14. The zero-order valence-electron chi connectivity index (χ0n) is 11.3. The summed E-state index contributed by atoms with van der Waals surface area (Å²) in [4.78, 5) is 20.2. The lowest BCUT2D eigenvalue weighted by molar-refractivity contribution is 0.0710. The molecule has 0 saturated carbocycles. The zero-order chi connectivity index (χ0) is 13.6. The SMILES string of the molecule is CC(C)N1CC2CCC(C1)N2C(=O)n1cnc(F)c1. The summed E-state index contributed by atoms with van der Waals surface area (Å²) < 4.78 is 14.2. The predicted molar refractivity (Wildman–Crippen MR) is 68.3 cm³/mol. The summed E-state index contributed by atoms with van der Waals surface area (Å²) in [7, 11) is 0. The van der Waals surface area contributed by atoms with Gasteiger partial charge in [-0.3, -0.25) is 9.47 Å². The fourth-order valence-corrected chi connectivity index (χ4v) is 3.21. The Hall–Kier alpha value is -1.43. The lowest BCUT2D eigenvalue weighted by Gasteiger charge is -2.42. The summed E-state index contributed by atoms with van der Waals surface area (Å²) >= 11 is 0. The van der Waals surface area contributed by atoms with Gasteiger partial charge in [-0.05, 0) is 26.7 Å². The van der Waals surface area contributed by atoms with Crippen LogP contribution in [0.2, 0.25) is 0 Å². The van der Waals surface area contributed by atoms with E-state index >= 15 is 0 Å². The largest absolute Gasteiger partial charge is 0.330 e. The number of hydrogen-bond donors (Lipinski definition) is 0. The Bertz CT molecular complexity index is 473. The highest BCUT2D eigenvalue weighted by Crippen LogP contribution is 2.31. The molecule has 0 aliphatic carbocycles. The van der Waals surface area contributed by atoms with Crippen molar-refractivity contribution in [1.29, 1.82) is 0 Å². The molecule has 3 heterocycles. The molecule has 1 aromatic rings. The maximum Gasteiger partial charge on any atom is 0.330 e. The summed E-state index contributed by atoms with van der Waals surface area (Å²) in [6, 6.07) is 0.858. The van der Waals surface area contributed by atoms with Crippen LogP contribution in [-0.2, 0) is 0 Å². The molecule has 2 fully saturated rings. The minimum Gasteiger partial charge on any atom is -0.315 e. The molecule has 19 heavy (non-hydrogen) atoms. The fourth-order valence-electron chi connectivity index (χ4n) is 3.21. The first kappa shape index (κ1) is 12.6. The van der Waals surface area contributed by atoms with Gasteiger partial charge in [-0.2, -0.15) is 4.39 Å². The summed E-state index contributed by atoms with van der Waals surface area (Å²) in [5, 5.41) is 0. The molecule has 0 aromatic carbocycles. The lowest BCUT2D eigenvalue weighted by Crippen LogP contribution is -2.57. The molecule has 6 heteroatoms. The van der Waals surface area contributed by atoms with Crippen molar-refractivity contribution in [2.75, 3.05) is 13.1 Å². The van der Waals surface area contributed by atoms with Crippen LogP contribution in [0.15, 0.2) is 12.5 Å². The summed E-state index contributed by atoms with van der Waals surface area (Å²) in [5.41, 5.74) is 0. The number of amides is 1. The Labute approximate surface area is 112 Å². The quantitative estimate of drug-likeness (QED) is 0.774. The maximum absolute atomic E-state index is 12.9. The minimum atomic E-state index is -0.610. The van der Waals surface area contributed by atoms with Gasteiger partial charge in [-0.25, -0.2) is 9.78 Å². The molecule has 2 atom stereocenters. The van der Waals surface area contributed by atoms with Gasteiger partial charge in [0.15, 0.2) is 0 Å². The van der Waals surface area contributed by atoms with Crippen LogP contribution in [-0.4, -0.2) is 56.6 Å². The van der Waals surface area contributed by atoms with Crippen LogP contribution in [0.25, 0.3) is 0 Å². The second-order valence-electron chi connectivity index (χ2n) is 5.73. The highest BCUT2D eigenvalue weighted by Gasteiger charge is 2.43. The second kappa shape index (κ2) is 4.59. The molecule has 0 spiro atoms. The van der Waals surface area contributed by atoms with E-state index in [2.05, 4.69) is 23.7 Å². The number of halogens is 1. The molecular weight excluding hydrogens is 247 g/mol. The van der Waals surface area contributed by atoms with Crippen molar-refractivity contribution in [3.8, 4) is 0 Å². The number of rotatable bonds is 1. The lowest BCUT2D eigenvalue weighted by atomic mass is 10.1. The van der Waals surface area contributed by atoms with Crippen LogP contribution in [0.4, 0.5) is 9.18 Å². The Kier molecular flexibility index (Phi) is 3.05. The average molecular weight is 266 g/mol. The van der Waals surface area contributed by atoms with Crippen molar-refractivity contribution in [3.63, 3.8) is 0 Å². The summed E-state index contributed by atoms with van der Waals surface area (Å²) in [6.45, 7) is 6.19. The van der Waals surface area contributed by atoms with E-state index < -0.39 is 5.95 Å². The van der Waals surface area contributed by atoms with Gasteiger partial charge in [0.2, 0.25) is 5.95 Å². The number of imidazole rings is 1. The number of nitrogens with zero attached hydrogens (tertiary/aromatic N) is 4. The van der Waals surface area contributed by atoms with Gasteiger partial charge in [0.25, 0.3) is 0 Å². The van der Waals surface area contributed by atoms with Gasteiger partial charge >= 0.3 is 6.03 Å². The highest BCUT2D eigenvalue weighted by molar-refractivity contribution is 5.78. The number of hydrogen-bond acceptors (Lipinski definition) is 3. The predicted octanol–water partition coefficient (Wildman–Crippen LogP) is 1.55. The first-order valence-corrected chi connectivity index (χ1v) is 6.82. The molecule has 2 aliphatic heterocycles. The standard InChI is InChI=1S/C13H19FN4O/c1-9(2)16-5-10-3-4-11(6-16)18(10)13(19)17-7-12(14)15-8-17/h7-11H,3-6H2,1-2H3. The number of piperazine rings is 1. The van der Waals surface area contributed by atoms with Crippen molar-refractivity contribution in [2.45, 2.75) is 44.8 Å². The molecule has 2 bridgehead atoms. The monoisotopic (exact) mass is 266 g/mol. The van der Waals surface area contributed by atoms with E-state index in [0.29, 0.717) is 6.04 Å². The van der Waals surface area contributed by atoms with Gasteiger partial charge < -0.3 is 4.90 Å². The molecule has 5 nitrogen and oxygen atoms in total. The molecule has 1 amide bonds. The van der Waals surface area contributed by atoms with E-state index in [9.17, 15) is 9.18 Å². The second-order valence-corrected chi connectivity index (χ2v) is 5.73. The maximum atomic E-state index is 12.9. The molecule has 1 aromatic heterocycles. The van der Waals surface area contributed by atoms with Crippen molar-refractivity contribution in [2.24, 2.45) is 0 Å². The van der Waals surface area contributed by atoms with Crippen LogP contribution in [0.3, 0.4) is 0 Å². The smallest absolute Gasteiger partial charge is 0.315 e. The average Bonchev–Trinajstić information content (AvgIpc) is 2.90. The van der Waals surface area contributed by atoms with Crippen LogP contribution in [0.1, 0.15) is 26.7 Å². The van der Waals surface area contributed by atoms with Crippen LogP contribution in [0.5, 0.6) is 0 Å². The first-order valence-electron chi connectivity index (χ1n) is 6.82. The Morgan fingerprint density at radius 1 is 1.37 bits per heavy atom. The molecule has 0 radical (unpaired) electrons. The highest BCUT2D eigenvalue weighted by atomic mass is 19.1. The van der Waals surface area contributed by atoms with E-state index in [1.165, 1.54) is 10.9 Å². The Morgan fingerprint density at radius 2 is 2.00 bits per heavy atom. The number of carbonyl (C=O) groups excluding carboxylic acids is 1. The minimum absolute atomic E-state index is 0.146. The fraction of sp³-hybridized carbons (Fsp3) is 0.692. The van der Waals surface area contributed by atoms with Gasteiger partial charge in [-0.1, -0.05) is 0 Å². The van der Waals surface area contributed by atoms with E-state index in [1.54, 1.807) is 0 Å². The third-order valence-electron chi connectivity index (χ3n) is 4.23. The van der Waals surface area contributed by atoms with E-state index in [4.69, 9.17) is 0 Å². The molecule has 104 valence electrons. The third-order valence-corrected chi connectivity index (χ3v) is 4.23. The van der Waals surface area contributed by atoms with E-state index in [1.807, 2.05) is 4.90 Å². The number of aromatic nitrogens is 2. The topological polar surface area (TPSA) is 41.4 Å². The summed E-state index contributed by atoms with van der Waals surface area (Å²) in [5.74, 6) is -0.610. The van der Waals surface area contributed by atoms with Gasteiger partial charge in [-0.15, -0.1) is 0 Å². The molecule has 2 saturated heterocycles. The van der Waals surface area contributed by atoms with Crippen LogP contribution >= 0.6 is 0 Å². The number of fused-ring (bicyclic) bond motifs is 2. The van der Waals surface area contributed by atoms with Crippen LogP contribution in [0, 0.1) is 5.95 Å². The summed E-state index contributed by atoms with van der Waals surface area (Å²) in [6.07, 6.45) is 4.48. The van der Waals surface area contributed by atoms with Crippen molar-refractivity contribution in [3.05, 3.63) is 18.5 Å². The van der Waals surface area contributed by atoms with E-state index in [0.717, 1.165) is 32.1 Å².